The first-order valence-corrected chi connectivity index (χ1v) is 10.4. The van der Waals surface area contributed by atoms with Gasteiger partial charge in [-0.05, 0) is 32.0 Å². The van der Waals surface area contributed by atoms with Crippen molar-refractivity contribution in [3.05, 3.63) is 41.6 Å². The van der Waals surface area contributed by atoms with Crippen LogP contribution in [-0.2, 0) is 21.8 Å². The molecule has 1 aromatic carbocycles. The number of fused-ring (bicyclic) bond motifs is 2. The Hall–Kier alpha value is -1.90. The molecule has 2 aliphatic rings. The summed E-state index contributed by atoms with van der Waals surface area (Å²) in [4.78, 5) is 2.38. The third kappa shape index (κ3) is 2.91. The Labute approximate surface area is 154 Å². The zero-order chi connectivity index (χ0) is 18.3. The fraction of sp³-hybridized carbons (Fsp3) is 0.500. The highest BCUT2D eigenvalue weighted by Crippen LogP contribution is 2.41. The number of hydrogen-bond donors (Lipinski definition) is 0. The lowest BCUT2D eigenvalue weighted by atomic mass is 10.0. The smallest absolute Gasteiger partial charge is 0.283 e. The van der Waals surface area contributed by atoms with Gasteiger partial charge in [-0.3, -0.25) is 8.99 Å². The predicted octanol–water partition coefficient (Wildman–Crippen LogP) is 1.76. The lowest BCUT2D eigenvalue weighted by Gasteiger charge is -2.22. The SMILES string of the molecule is CN1c2ccccc2C(OCCN2CCCC2)c2cn(C)nc2S1(=O)=O. The third-order valence-corrected chi connectivity index (χ3v) is 6.88. The fourth-order valence-corrected chi connectivity index (χ4v) is 5.15. The highest BCUT2D eigenvalue weighted by molar-refractivity contribution is 7.92. The van der Waals surface area contributed by atoms with E-state index in [4.69, 9.17) is 4.74 Å². The molecule has 1 saturated heterocycles. The number of para-hydroxylation sites is 1. The van der Waals surface area contributed by atoms with Crippen LogP contribution < -0.4 is 4.31 Å². The summed E-state index contributed by atoms with van der Waals surface area (Å²) in [5, 5.41) is 4.30. The van der Waals surface area contributed by atoms with Crippen molar-refractivity contribution in [2.75, 3.05) is 37.6 Å². The molecule has 1 atom stereocenters. The number of aromatic nitrogens is 2. The molecule has 0 saturated carbocycles. The van der Waals surface area contributed by atoms with Gasteiger partial charge >= 0.3 is 0 Å². The Morgan fingerprint density at radius 2 is 1.88 bits per heavy atom. The standard InChI is InChI=1S/C18H24N4O3S/c1-20-13-15-17(25-12-11-22-9-5-6-10-22)14-7-3-4-8-16(14)21(2)26(23,24)18(15)19-20/h3-4,7-8,13,17H,5-6,9-12H2,1-2H3. The van der Waals surface area contributed by atoms with Gasteiger partial charge in [-0.2, -0.15) is 13.5 Å². The Kier molecular flexibility index (Phi) is 4.50. The van der Waals surface area contributed by atoms with E-state index in [1.807, 2.05) is 24.3 Å². The fourth-order valence-electron chi connectivity index (χ4n) is 3.77. The van der Waals surface area contributed by atoms with Crippen LogP contribution in [-0.4, -0.2) is 56.4 Å². The van der Waals surface area contributed by atoms with E-state index in [9.17, 15) is 8.42 Å². The van der Waals surface area contributed by atoms with Gasteiger partial charge in [0, 0.05) is 38.0 Å². The minimum absolute atomic E-state index is 0.0740. The van der Waals surface area contributed by atoms with Crippen LogP contribution in [0.2, 0.25) is 0 Å². The van der Waals surface area contributed by atoms with E-state index in [1.54, 1.807) is 25.0 Å². The number of rotatable bonds is 4. The van der Waals surface area contributed by atoms with Gasteiger partial charge in [0.25, 0.3) is 10.0 Å². The van der Waals surface area contributed by atoms with Crippen molar-refractivity contribution < 1.29 is 13.2 Å². The van der Waals surface area contributed by atoms with Crippen LogP contribution in [0.4, 0.5) is 5.69 Å². The monoisotopic (exact) mass is 376 g/mol. The molecule has 1 unspecified atom stereocenters. The molecule has 3 heterocycles. The molecule has 0 N–H and O–H groups in total. The van der Waals surface area contributed by atoms with Crippen LogP contribution in [0, 0.1) is 0 Å². The highest BCUT2D eigenvalue weighted by atomic mass is 32.2. The van der Waals surface area contributed by atoms with Crippen molar-refractivity contribution in [1.29, 1.82) is 0 Å². The van der Waals surface area contributed by atoms with Crippen LogP contribution in [0.1, 0.15) is 30.1 Å². The van der Waals surface area contributed by atoms with Crippen LogP contribution in [0.3, 0.4) is 0 Å². The molecule has 1 fully saturated rings. The molecule has 0 spiro atoms. The number of benzene rings is 1. The Morgan fingerprint density at radius 3 is 2.65 bits per heavy atom. The van der Waals surface area contributed by atoms with Crippen molar-refractivity contribution in [1.82, 2.24) is 14.7 Å². The van der Waals surface area contributed by atoms with Crippen LogP contribution in [0.25, 0.3) is 0 Å². The first kappa shape index (κ1) is 17.5. The number of hydrogen-bond acceptors (Lipinski definition) is 5. The predicted molar refractivity (Wildman–Crippen MR) is 98.7 cm³/mol. The van der Waals surface area contributed by atoms with Gasteiger partial charge in [-0.25, -0.2) is 0 Å². The summed E-state index contributed by atoms with van der Waals surface area (Å²) in [6.45, 7) is 3.63. The molecule has 0 amide bonds. The maximum absolute atomic E-state index is 13.0. The average molecular weight is 376 g/mol. The van der Waals surface area contributed by atoms with Crippen molar-refractivity contribution >= 4 is 15.7 Å². The summed E-state index contributed by atoms with van der Waals surface area (Å²) in [7, 11) is -0.410. The van der Waals surface area contributed by atoms with E-state index in [2.05, 4.69) is 10.00 Å². The van der Waals surface area contributed by atoms with Gasteiger partial charge in [-0.1, -0.05) is 18.2 Å². The molecule has 0 bridgehead atoms. The third-order valence-electron chi connectivity index (χ3n) is 5.16. The molecular formula is C18H24N4O3S. The van der Waals surface area contributed by atoms with Gasteiger partial charge < -0.3 is 9.64 Å². The van der Waals surface area contributed by atoms with Crippen molar-refractivity contribution in [3.63, 3.8) is 0 Å². The minimum atomic E-state index is -3.71. The molecule has 8 heteroatoms. The number of nitrogens with zero attached hydrogens (tertiary/aromatic N) is 4. The van der Waals surface area contributed by atoms with E-state index in [0.717, 1.165) is 25.2 Å². The van der Waals surface area contributed by atoms with Crippen molar-refractivity contribution in [3.8, 4) is 0 Å². The minimum Gasteiger partial charge on any atom is -0.367 e. The quantitative estimate of drug-likeness (QED) is 0.813. The number of aryl methyl sites for hydroxylation is 1. The van der Waals surface area contributed by atoms with Gasteiger partial charge in [0.15, 0.2) is 0 Å². The largest absolute Gasteiger partial charge is 0.367 e. The number of sulfonamides is 1. The lowest BCUT2D eigenvalue weighted by molar-refractivity contribution is 0.0634. The molecule has 2 aromatic rings. The first-order chi connectivity index (χ1) is 12.5. The Morgan fingerprint density at radius 1 is 1.15 bits per heavy atom. The van der Waals surface area contributed by atoms with E-state index in [1.165, 1.54) is 17.1 Å². The van der Waals surface area contributed by atoms with Crippen LogP contribution >= 0.6 is 0 Å². The normalized spacial score (nSPS) is 22.1. The maximum atomic E-state index is 13.0. The molecule has 4 rings (SSSR count). The van der Waals surface area contributed by atoms with Crippen LogP contribution in [0.5, 0.6) is 0 Å². The van der Waals surface area contributed by atoms with Crippen molar-refractivity contribution in [2.24, 2.45) is 7.05 Å². The zero-order valence-corrected chi connectivity index (χ0v) is 15.9. The summed E-state index contributed by atoms with van der Waals surface area (Å²) < 4.78 is 35.1. The molecule has 26 heavy (non-hydrogen) atoms. The molecule has 7 nitrogen and oxygen atoms in total. The van der Waals surface area contributed by atoms with Gasteiger partial charge in [0.2, 0.25) is 5.03 Å². The molecule has 140 valence electrons. The van der Waals surface area contributed by atoms with Gasteiger partial charge in [0.05, 0.1) is 12.3 Å². The van der Waals surface area contributed by atoms with Gasteiger partial charge in [-0.15, -0.1) is 0 Å². The second-order valence-electron chi connectivity index (χ2n) is 6.89. The summed E-state index contributed by atoms with van der Waals surface area (Å²) in [6.07, 6.45) is 3.78. The summed E-state index contributed by atoms with van der Waals surface area (Å²) >= 11 is 0. The maximum Gasteiger partial charge on any atom is 0.283 e. The van der Waals surface area contributed by atoms with E-state index in [0.29, 0.717) is 17.9 Å². The highest BCUT2D eigenvalue weighted by Gasteiger charge is 2.38. The lowest BCUT2D eigenvalue weighted by Crippen LogP contribution is -2.27. The zero-order valence-electron chi connectivity index (χ0n) is 15.1. The molecule has 0 radical (unpaired) electrons. The van der Waals surface area contributed by atoms with Gasteiger partial charge in [0.1, 0.15) is 6.10 Å². The number of anilines is 1. The number of ether oxygens (including phenoxy) is 1. The van der Waals surface area contributed by atoms with E-state index in [-0.39, 0.29) is 5.03 Å². The molecular weight excluding hydrogens is 352 g/mol. The summed E-state index contributed by atoms with van der Waals surface area (Å²) in [5.74, 6) is 0. The second kappa shape index (κ2) is 6.68. The second-order valence-corrected chi connectivity index (χ2v) is 8.78. The Bertz CT molecular complexity index is 903. The molecule has 1 aromatic heterocycles. The molecule has 0 aliphatic carbocycles. The van der Waals surface area contributed by atoms with E-state index >= 15 is 0 Å². The average Bonchev–Trinajstić information content (AvgIpc) is 3.26. The number of likely N-dealkylation sites (tertiary alicyclic amines) is 1. The van der Waals surface area contributed by atoms with Crippen LogP contribution in [0.15, 0.2) is 35.5 Å². The van der Waals surface area contributed by atoms with Crippen molar-refractivity contribution in [2.45, 2.75) is 24.0 Å². The Balaban J connectivity index is 1.73. The topological polar surface area (TPSA) is 67.7 Å². The summed E-state index contributed by atoms with van der Waals surface area (Å²) in [5.41, 5.74) is 2.09. The first-order valence-electron chi connectivity index (χ1n) is 8.94. The molecule has 2 aliphatic heterocycles. The van der Waals surface area contributed by atoms with E-state index < -0.39 is 16.1 Å². The summed E-state index contributed by atoms with van der Waals surface area (Å²) in [6, 6.07) is 7.51.